The minimum Gasteiger partial charge on any atom is -0.313 e. The molecule has 0 bridgehead atoms. The lowest BCUT2D eigenvalue weighted by Gasteiger charge is -2.21. The molecule has 0 aliphatic heterocycles. The van der Waals surface area contributed by atoms with E-state index in [0.29, 0.717) is 0 Å². The highest BCUT2D eigenvalue weighted by Gasteiger charge is 2.14. The van der Waals surface area contributed by atoms with E-state index in [1.165, 1.54) is 5.69 Å². The van der Waals surface area contributed by atoms with Crippen molar-refractivity contribution in [3.05, 3.63) is 54.6 Å². The molecule has 0 aliphatic carbocycles. The smallest absolute Gasteiger partial charge is 0.210 e. The number of aromatic nitrogens is 2. The Morgan fingerprint density at radius 3 is 2.37 bits per heavy atom. The molecule has 0 unspecified atom stereocenters. The molecule has 0 aliphatic rings. The van der Waals surface area contributed by atoms with Crippen LogP contribution in [0.5, 0.6) is 0 Å². The second-order valence-electron chi connectivity index (χ2n) is 4.54. The number of benzene rings is 2. The second-order valence-corrected chi connectivity index (χ2v) is 4.54. The van der Waals surface area contributed by atoms with E-state index in [1.54, 1.807) is 0 Å². The average Bonchev–Trinajstić information content (AvgIpc) is 2.79. The van der Waals surface area contributed by atoms with E-state index >= 15 is 0 Å². The molecule has 2 aromatic carbocycles. The molecule has 19 heavy (non-hydrogen) atoms. The van der Waals surface area contributed by atoms with Gasteiger partial charge in [-0.2, -0.15) is 0 Å². The minimum absolute atomic E-state index is 0.890. The number of hydrogen-bond acceptors (Lipinski definition) is 2. The van der Waals surface area contributed by atoms with Crippen molar-refractivity contribution in [1.29, 1.82) is 0 Å². The molecule has 3 nitrogen and oxygen atoms in total. The van der Waals surface area contributed by atoms with Crippen LogP contribution in [0.4, 0.5) is 11.6 Å². The predicted octanol–water partition coefficient (Wildman–Crippen LogP) is 3.73. The molecular weight excluding hydrogens is 234 g/mol. The van der Waals surface area contributed by atoms with E-state index in [0.717, 1.165) is 23.5 Å². The Labute approximate surface area is 113 Å². The van der Waals surface area contributed by atoms with Crippen LogP contribution in [0.1, 0.15) is 6.92 Å². The molecule has 0 atom stereocenters. The van der Waals surface area contributed by atoms with Gasteiger partial charge in [0, 0.05) is 19.3 Å². The summed E-state index contributed by atoms with van der Waals surface area (Å²) in [5.41, 5.74) is 3.37. The first kappa shape index (κ1) is 11.8. The normalized spacial score (nSPS) is 10.8. The SMILES string of the molecule is CCN(c1ccccc1)c1nc2ccccc2n1C. The van der Waals surface area contributed by atoms with Crippen LogP contribution in [0.3, 0.4) is 0 Å². The van der Waals surface area contributed by atoms with Gasteiger partial charge < -0.3 is 9.47 Å². The molecule has 0 saturated heterocycles. The number of rotatable bonds is 3. The summed E-state index contributed by atoms with van der Waals surface area (Å²) in [6, 6.07) is 18.6. The molecule has 0 N–H and O–H groups in total. The Hall–Kier alpha value is -2.29. The number of hydrogen-bond donors (Lipinski definition) is 0. The van der Waals surface area contributed by atoms with Crippen molar-refractivity contribution >= 4 is 22.7 Å². The van der Waals surface area contributed by atoms with Gasteiger partial charge in [0.25, 0.3) is 0 Å². The number of nitrogens with zero attached hydrogens (tertiary/aromatic N) is 3. The third-order valence-corrected chi connectivity index (χ3v) is 3.39. The first-order valence-corrected chi connectivity index (χ1v) is 6.55. The molecule has 1 aromatic heterocycles. The molecule has 0 saturated carbocycles. The van der Waals surface area contributed by atoms with Gasteiger partial charge in [-0.1, -0.05) is 30.3 Å². The summed E-state index contributed by atoms with van der Waals surface area (Å²) >= 11 is 0. The summed E-state index contributed by atoms with van der Waals surface area (Å²) in [7, 11) is 2.07. The van der Waals surface area contributed by atoms with Crippen LogP contribution < -0.4 is 4.90 Å². The zero-order valence-electron chi connectivity index (χ0n) is 11.2. The van der Waals surface area contributed by atoms with Gasteiger partial charge in [-0.05, 0) is 31.2 Å². The van der Waals surface area contributed by atoms with Crippen molar-refractivity contribution in [2.45, 2.75) is 6.92 Å². The molecule has 0 spiro atoms. The van der Waals surface area contributed by atoms with Gasteiger partial charge in [0.15, 0.2) is 0 Å². The number of fused-ring (bicyclic) bond motifs is 1. The lowest BCUT2D eigenvalue weighted by molar-refractivity contribution is 0.870. The fourth-order valence-corrected chi connectivity index (χ4v) is 2.42. The van der Waals surface area contributed by atoms with Crippen LogP contribution >= 0.6 is 0 Å². The van der Waals surface area contributed by atoms with Gasteiger partial charge in [-0.3, -0.25) is 0 Å². The zero-order valence-corrected chi connectivity index (χ0v) is 11.2. The van der Waals surface area contributed by atoms with Gasteiger partial charge in [0.1, 0.15) is 0 Å². The topological polar surface area (TPSA) is 21.1 Å². The largest absolute Gasteiger partial charge is 0.313 e. The minimum atomic E-state index is 0.890. The predicted molar refractivity (Wildman–Crippen MR) is 79.8 cm³/mol. The molecule has 1 heterocycles. The van der Waals surface area contributed by atoms with Gasteiger partial charge in [0.2, 0.25) is 5.95 Å². The van der Waals surface area contributed by atoms with E-state index in [4.69, 9.17) is 4.98 Å². The molecule has 3 rings (SSSR count). The number of para-hydroxylation sites is 3. The first-order chi connectivity index (χ1) is 9.31. The van der Waals surface area contributed by atoms with Gasteiger partial charge in [-0.15, -0.1) is 0 Å². The van der Waals surface area contributed by atoms with Crippen LogP contribution in [-0.4, -0.2) is 16.1 Å². The summed E-state index contributed by atoms with van der Waals surface area (Å²) in [6.07, 6.45) is 0. The van der Waals surface area contributed by atoms with Crippen molar-refractivity contribution in [3.63, 3.8) is 0 Å². The Morgan fingerprint density at radius 2 is 1.68 bits per heavy atom. The third-order valence-electron chi connectivity index (χ3n) is 3.39. The van der Waals surface area contributed by atoms with E-state index in [9.17, 15) is 0 Å². The van der Waals surface area contributed by atoms with Gasteiger partial charge in [0.05, 0.1) is 11.0 Å². The number of anilines is 2. The van der Waals surface area contributed by atoms with E-state index < -0.39 is 0 Å². The van der Waals surface area contributed by atoms with Crippen LogP contribution in [0, 0.1) is 0 Å². The highest BCUT2D eigenvalue weighted by molar-refractivity contribution is 5.80. The summed E-state index contributed by atoms with van der Waals surface area (Å²) in [5.74, 6) is 0.981. The summed E-state index contributed by atoms with van der Waals surface area (Å²) in [6.45, 7) is 3.04. The number of imidazole rings is 1. The van der Waals surface area contributed by atoms with E-state index in [-0.39, 0.29) is 0 Å². The van der Waals surface area contributed by atoms with Gasteiger partial charge >= 0.3 is 0 Å². The van der Waals surface area contributed by atoms with Crippen LogP contribution in [0.15, 0.2) is 54.6 Å². The highest BCUT2D eigenvalue weighted by Crippen LogP contribution is 2.27. The molecule has 0 amide bonds. The maximum atomic E-state index is 4.75. The monoisotopic (exact) mass is 251 g/mol. The van der Waals surface area contributed by atoms with E-state index in [1.807, 2.05) is 18.2 Å². The second kappa shape index (κ2) is 4.76. The van der Waals surface area contributed by atoms with Crippen molar-refractivity contribution in [3.8, 4) is 0 Å². The molecule has 3 aromatic rings. The summed E-state index contributed by atoms with van der Waals surface area (Å²) in [5, 5.41) is 0. The van der Waals surface area contributed by atoms with Crippen molar-refractivity contribution in [1.82, 2.24) is 9.55 Å². The van der Waals surface area contributed by atoms with Crippen molar-refractivity contribution < 1.29 is 0 Å². The standard InChI is InChI=1S/C16H17N3/c1-3-19(13-9-5-4-6-10-13)16-17-14-11-7-8-12-15(14)18(16)2/h4-12H,3H2,1-2H3. The fraction of sp³-hybridized carbons (Fsp3) is 0.188. The van der Waals surface area contributed by atoms with Crippen LogP contribution in [0.2, 0.25) is 0 Å². The Balaban J connectivity index is 2.14. The molecule has 3 heteroatoms. The average molecular weight is 251 g/mol. The lowest BCUT2D eigenvalue weighted by atomic mass is 10.3. The van der Waals surface area contributed by atoms with Crippen LogP contribution in [0.25, 0.3) is 11.0 Å². The summed E-state index contributed by atoms with van der Waals surface area (Å²) < 4.78 is 2.14. The maximum absolute atomic E-state index is 4.75. The van der Waals surface area contributed by atoms with Crippen LogP contribution in [-0.2, 0) is 7.05 Å². The quantitative estimate of drug-likeness (QED) is 0.707. The molecule has 0 radical (unpaired) electrons. The highest BCUT2D eigenvalue weighted by atomic mass is 15.3. The third kappa shape index (κ3) is 1.97. The molecule has 0 fully saturated rings. The summed E-state index contributed by atoms with van der Waals surface area (Å²) in [4.78, 5) is 6.97. The Morgan fingerprint density at radius 1 is 1.00 bits per heavy atom. The maximum Gasteiger partial charge on any atom is 0.210 e. The zero-order chi connectivity index (χ0) is 13.2. The number of aryl methyl sites for hydroxylation is 1. The van der Waals surface area contributed by atoms with Gasteiger partial charge in [-0.25, -0.2) is 4.98 Å². The lowest BCUT2D eigenvalue weighted by Crippen LogP contribution is -2.19. The first-order valence-electron chi connectivity index (χ1n) is 6.55. The van der Waals surface area contributed by atoms with Crippen molar-refractivity contribution in [2.75, 3.05) is 11.4 Å². The van der Waals surface area contributed by atoms with Crippen molar-refractivity contribution in [2.24, 2.45) is 7.05 Å². The molecular formula is C16H17N3. The Bertz CT molecular complexity index is 686. The fourth-order valence-electron chi connectivity index (χ4n) is 2.42. The van der Waals surface area contributed by atoms with E-state index in [2.05, 4.69) is 59.8 Å². The Kier molecular flexibility index (Phi) is 2.95. The molecule has 96 valence electrons.